The van der Waals surface area contributed by atoms with E-state index in [-0.39, 0.29) is 0 Å². The molecule has 0 unspecified atom stereocenters. The zero-order valence-electron chi connectivity index (χ0n) is 20.9. The third-order valence-electron chi connectivity index (χ3n) is 6.12. The van der Waals surface area contributed by atoms with Gasteiger partial charge in [0.2, 0.25) is 0 Å². The van der Waals surface area contributed by atoms with Gasteiger partial charge in [-0.3, -0.25) is 9.38 Å². The second kappa shape index (κ2) is 13.3. The number of likely N-dealkylation sites (N-methyl/N-ethyl adjacent to an activating group) is 1. The highest BCUT2D eigenvalue weighted by Crippen LogP contribution is 2.22. The second-order valence-corrected chi connectivity index (χ2v) is 8.32. The number of benzene rings is 1. The van der Waals surface area contributed by atoms with E-state index < -0.39 is 0 Å². The Morgan fingerprint density at radius 1 is 1.15 bits per heavy atom. The van der Waals surface area contributed by atoms with Crippen molar-refractivity contribution in [1.82, 2.24) is 24.3 Å². The van der Waals surface area contributed by atoms with Crippen molar-refractivity contribution in [3.05, 3.63) is 35.4 Å². The fraction of sp³-hybridized carbons (Fsp3) is 0.583. The van der Waals surface area contributed by atoms with E-state index in [1.165, 1.54) is 5.56 Å². The molecule has 186 valence electrons. The molecule has 0 amide bonds. The van der Waals surface area contributed by atoms with Crippen LogP contribution < -0.4 is 14.6 Å². The number of aryl methyl sites for hydroxylation is 1. The number of nitrogens with zero attached hydrogens (tertiary/aromatic N) is 6. The topological polar surface area (TPSA) is 94.0 Å². The highest BCUT2D eigenvalue weighted by Gasteiger charge is 2.31. The van der Waals surface area contributed by atoms with Crippen molar-refractivity contribution >= 4 is 18.1 Å². The summed E-state index contributed by atoms with van der Waals surface area (Å²) >= 11 is 0. The van der Waals surface area contributed by atoms with E-state index in [9.17, 15) is 0 Å². The molecule has 1 aromatic carbocycles. The number of aromatic nitrogens is 3. The molecule has 0 radical (unpaired) electrons. The largest absolute Gasteiger partial charge is 0.462 e. The molecule has 10 heteroatoms. The summed E-state index contributed by atoms with van der Waals surface area (Å²) in [4.78, 5) is 16.2. The predicted molar refractivity (Wildman–Crippen MR) is 135 cm³/mol. The highest BCUT2D eigenvalue weighted by atomic mass is 16.5. The van der Waals surface area contributed by atoms with Crippen LogP contribution in [0.2, 0.25) is 0 Å². The van der Waals surface area contributed by atoms with Crippen LogP contribution in [0.5, 0.6) is 6.01 Å². The van der Waals surface area contributed by atoms with Gasteiger partial charge in [0.25, 0.3) is 5.95 Å². The lowest BCUT2D eigenvalue weighted by atomic mass is 10.2. The summed E-state index contributed by atoms with van der Waals surface area (Å²) in [5.41, 5.74) is 5.14. The van der Waals surface area contributed by atoms with Gasteiger partial charge in [-0.2, -0.15) is 10.1 Å². The summed E-state index contributed by atoms with van der Waals surface area (Å²) < 4.78 is 17.3. The minimum absolute atomic E-state index is 0.299. The normalized spacial score (nSPS) is 15.1. The van der Waals surface area contributed by atoms with E-state index in [4.69, 9.17) is 24.2 Å². The lowest BCUT2D eigenvalue weighted by molar-refractivity contribution is 0.0317. The molecule has 3 rings (SSSR count). The van der Waals surface area contributed by atoms with E-state index >= 15 is 0 Å². The molecule has 1 fully saturated rings. The Labute approximate surface area is 202 Å². The quantitative estimate of drug-likeness (QED) is 0.270. The van der Waals surface area contributed by atoms with Gasteiger partial charge in [-0.05, 0) is 26.3 Å². The zero-order chi connectivity index (χ0) is 24.2. The van der Waals surface area contributed by atoms with Crippen molar-refractivity contribution in [3.8, 4) is 6.01 Å². The Morgan fingerprint density at radius 3 is 2.65 bits per heavy atom. The molecular formula is C24H38N7O3+. The van der Waals surface area contributed by atoms with Gasteiger partial charge in [-0.25, -0.2) is 5.43 Å². The van der Waals surface area contributed by atoms with Gasteiger partial charge < -0.3 is 14.2 Å². The number of ether oxygens (including phenoxy) is 3. The van der Waals surface area contributed by atoms with Crippen LogP contribution in [-0.2, 0) is 9.47 Å². The van der Waals surface area contributed by atoms with Crippen LogP contribution in [0.1, 0.15) is 25.0 Å². The third kappa shape index (κ3) is 7.42. The summed E-state index contributed by atoms with van der Waals surface area (Å²) in [6.45, 7) is 13.9. The van der Waals surface area contributed by atoms with E-state index in [0.29, 0.717) is 35.6 Å². The van der Waals surface area contributed by atoms with Crippen LogP contribution in [0.3, 0.4) is 0 Å². The van der Waals surface area contributed by atoms with E-state index in [0.717, 1.165) is 58.0 Å². The van der Waals surface area contributed by atoms with Crippen LogP contribution in [0.4, 0.5) is 11.9 Å². The zero-order valence-corrected chi connectivity index (χ0v) is 20.9. The molecule has 1 saturated heterocycles. The van der Waals surface area contributed by atoms with Crippen LogP contribution >= 0.6 is 0 Å². The van der Waals surface area contributed by atoms with Gasteiger partial charge in [-0.1, -0.05) is 29.8 Å². The molecule has 34 heavy (non-hydrogen) atoms. The number of hydrogen-bond acceptors (Lipinski definition) is 9. The second-order valence-electron chi connectivity index (χ2n) is 8.32. The first-order chi connectivity index (χ1) is 16.6. The summed E-state index contributed by atoms with van der Waals surface area (Å²) in [6.07, 6.45) is 1.75. The number of morpholine rings is 1. The van der Waals surface area contributed by atoms with Crippen molar-refractivity contribution < 1.29 is 14.2 Å². The number of nitrogens with one attached hydrogen (secondary N) is 1. The highest BCUT2D eigenvalue weighted by molar-refractivity contribution is 5.80. The SMILES string of the molecule is CC[N+](CC)(CCOC)c1nc(NN=Cc2cccc(C)c2)nc(OCCN2CCOCC2)n1. The van der Waals surface area contributed by atoms with E-state index in [2.05, 4.69) is 53.3 Å². The molecule has 1 aliphatic heterocycles. The molecule has 0 bridgehead atoms. The molecule has 10 nitrogen and oxygen atoms in total. The van der Waals surface area contributed by atoms with Crippen LogP contribution in [-0.4, -0.2) is 98.9 Å². The Balaban J connectivity index is 1.79. The van der Waals surface area contributed by atoms with Gasteiger partial charge in [-0.15, -0.1) is 9.97 Å². The van der Waals surface area contributed by atoms with Gasteiger partial charge >= 0.3 is 12.0 Å². The third-order valence-corrected chi connectivity index (χ3v) is 6.12. The Morgan fingerprint density at radius 2 is 1.94 bits per heavy atom. The smallest absolute Gasteiger partial charge is 0.337 e. The Hall–Kier alpha value is -2.66. The maximum absolute atomic E-state index is 5.98. The summed E-state index contributed by atoms with van der Waals surface area (Å²) in [7, 11) is 1.71. The molecule has 2 heterocycles. The molecule has 0 spiro atoms. The Bertz CT molecular complexity index is 915. The minimum atomic E-state index is 0.299. The Kier molecular flexibility index (Phi) is 10.1. The van der Waals surface area contributed by atoms with Crippen molar-refractivity contribution in [3.63, 3.8) is 0 Å². The summed E-state index contributed by atoms with van der Waals surface area (Å²) in [6, 6.07) is 8.41. The van der Waals surface area contributed by atoms with Crippen LogP contribution in [0, 0.1) is 6.92 Å². The lowest BCUT2D eigenvalue weighted by Crippen LogP contribution is -2.52. The van der Waals surface area contributed by atoms with Crippen molar-refractivity contribution in [2.45, 2.75) is 20.8 Å². The summed E-state index contributed by atoms with van der Waals surface area (Å²) in [5, 5.41) is 4.35. The van der Waals surface area contributed by atoms with E-state index in [1.54, 1.807) is 13.3 Å². The molecule has 1 N–H and O–H groups in total. The number of hydrogen-bond donors (Lipinski definition) is 1. The predicted octanol–water partition coefficient (Wildman–Crippen LogP) is 2.33. The monoisotopic (exact) mass is 472 g/mol. The van der Waals surface area contributed by atoms with Crippen molar-refractivity contribution in [2.24, 2.45) is 5.10 Å². The first-order valence-corrected chi connectivity index (χ1v) is 12.0. The number of quaternary nitrogens is 1. The first kappa shape index (κ1) is 26.0. The number of methoxy groups -OCH3 is 1. The molecule has 2 aromatic rings. The molecule has 1 aromatic heterocycles. The average molecular weight is 473 g/mol. The molecular weight excluding hydrogens is 434 g/mol. The molecule has 0 atom stereocenters. The fourth-order valence-corrected chi connectivity index (χ4v) is 3.87. The van der Waals surface area contributed by atoms with Gasteiger partial charge in [0, 0.05) is 26.7 Å². The van der Waals surface area contributed by atoms with E-state index in [1.807, 2.05) is 12.1 Å². The van der Waals surface area contributed by atoms with Gasteiger partial charge in [0.05, 0.1) is 39.1 Å². The van der Waals surface area contributed by atoms with Crippen LogP contribution in [0.15, 0.2) is 29.4 Å². The van der Waals surface area contributed by atoms with Crippen molar-refractivity contribution in [2.75, 3.05) is 78.2 Å². The number of rotatable bonds is 13. The maximum atomic E-state index is 5.98. The molecule has 0 aliphatic carbocycles. The fourth-order valence-electron chi connectivity index (χ4n) is 3.87. The number of anilines is 1. The number of hydrazone groups is 1. The average Bonchev–Trinajstić information content (AvgIpc) is 2.86. The summed E-state index contributed by atoms with van der Waals surface area (Å²) in [5.74, 6) is 1.00. The lowest BCUT2D eigenvalue weighted by Gasteiger charge is -2.33. The maximum Gasteiger partial charge on any atom is 0.337 e. The van der Waals surface area contributed by atoms with Crippen LogP contribution in [0.25, 0.3) is 0 Å². The minimum Gasteiger partial charge on any atom is -0.462 e. The molecule has 1 aliphatic rings. The first-order valence-electron chi connectivity index (χ1n) is 12.0. The standard InChI is InChI=1S/C24H38N7O3/c1-5-31(6-2,13-17-32-4)23-26-22(29-25-19-21-9-7-8-20(3)18-21)27-24(28-23)34-16-12-30-10-14-33-15-11-30/h7-9,18-19H,5-6,10-17H2,1-4H3,(H,26,27,28,29)/q+1. The van der Waals surface area contributed by atoms with Gasteiger partial charge in [0.1, 0.15) is 13.2 Å². The van der Waals surface area contributed by atoms with Crippen molar-refractivity contribution in [1.29, 1.82) is 0 Å². The van der Waals surface area contributed by atoms with Gasteiger partial charge in [0.15, 0.2) is 0 Å². The molecule has 0 saturated carbocycles.